The van der Waals surface area contributed by atoms with Crippen LogP contribution in [0.5, 0.6) is 0 Å². The Bertz CT molecular complexity index is 702. The maximum atomic E-state index is 11.7. The zero-order chi connectivity index (χ0) is 14.4. The number of rotatable bonds is 3. The first-order chi connectivity index (χ1) is 10.7. The van der Waals surface area contributed by atoms with E-state index in [1.54, 1.807) is 0 Å². The highest BCUT2D eigenvalue weighted by molar-refractivity contribution is 5.41. The lowest BCUT2D eigenvalue weighted by Gasteiger charge is -2.45. The molecule has 0 spiro atoms. The molecule has 4 bridgehead atoms. The summed E-state index contributed by atoms with van der Waals surface area (Å²) in [7, 11) is 0. The van der Waals surface area contributed by atoms with Gasteiger partial charge in [0.25, 0.3) is 0 Å². The maximum absolute atomic E-state index is 11.7. The molecular formula is C19H22N2O. The molecule has 0 aromatic heterocycles. The molecule has 0 radical (unpaired) electrons. The summed E-state index contributed by atoms with van der Waals surface area (Å²) in [4.78, 5) is 2.54. The molecule has 7 fully saturated rings. The van der Waals surface area contributed by atoms with Crippen molar-refractivity contribution < 1.29 is 5.11 Å². The summed E-state index contributed by atoms with van der Waals surface area (Å²) in [6, 6.07) is 9.40. The minimum atomic E-state index is -0.441. The molecule has 2 heterocycles. The van der Waals surface area contributed by atoms with Crippen LogP contribution in [-0.4, -0.2) is 21.8 Å². The molecular weight excluding hydrogens is 272 g/mol. The van der Waals surface area contributed by atoms with E-state index in [2.05, 4.69) is 29.2 Å². The molecule has 1 aromatic rings. The fourth-order valence-electron chi connectivity index (χ4n) is 8.75. The van der Waals surface area contributed by atoms with Crippen LogP contribution in [0, 0.1) is 47.3 Å². The zero-order valence-electron chi connectivity index (χ0n) is 12.6. The van der Waals surface area contributed by atoms with Gasteiger partial charge in [0.2, 0.25) is 0 Å². The van der Waals surface area contributed by atoms with Crippen LogP contribution in [-0.2, 0) is 13.1 Å². The summed E-state index contributed by atoms with van der Waals surface area (Å²) in [5.74, 6) is 6.68. The van der Waals surface area contributed by atoms with Gasteiger partial charge in [-0.15, -0.1) is 0 Å². The number of aliphatic hydroxyl groups is 1. The van der Waals surface area contributed by atoms with E-state index in [0.717, 1.165) is 42.1 Å². The Hall–Kier alpha value is -0.900. The lowest BCUT2D eigenvalue weighted by molar-refractivity contribution is -0.134. The molecule has 2 aliphatic heterocycles. The minimum absolute atomic E-state index is 0.441. The number of nitrogens with two attached hydrogens (primary N) is 1. The predicted octanol–water partition coefficient (Wildman–Crippen LogP) is 1.41. The molecule has 3 heteroatoms. The molecule has 5 saturated carbocycles. The normalized spacial score (nSPS) is 60.9. The van der Waals surface area contributed by atoms with Crippen LogP contribution in [0.15, 0.2) is 24.3 Å². The second-order valence-corrected chi connectivity index (χ2v) is 8.85. The van der Waals surface area contributed by atoms with Crippen molar-refractivity contribution in [3.8, 4) is 0 Å². The van der Waals surface area contributed by atoms with E-state index >= 15 is 0 Å². The van der Waals surface area contributed by atoms with Gasteiger partial charge in [0.15, 0.2) is 0 Å². The van der Waals surface area contributed by atoms with Crippen LogP contribution in [0.2, 0.25) is 0 Å². The molecule has 114 valence electrons. The molecule has 22 heavy (non-hydrogen) atoms. The van der Waals surface area contributed by atoms with Gasteiger partial charge < -0.3 is 10.8 Å². The minimum Gasteiger partial charge on any atom is -0.375 e. The summed E-state index contributed by atoms with van der Waals surface area (Å²) in [6.45, 7) is 1.54. The first-order valence-electron chi connectivity index (χ1n) is 9.02. The quantitative estimate of drug-likeness (QED) is 0.886. The van der Waals surface area contributed by atoms with Crippen LogP contribution in [0.4, 0.5) is 0 Å². The average Bonchev–Trinajstić information content (AvgIpc) is 3.14. The number of benzene rings is 1. The van der Waals surface area contributed by atoms with Crippen molar-refractivity contribution >= 4 is 0 Å². The summed E-state index contributed by atoms with van der Waals surface area (Å²) in [6.07, 6.45) is 1.45. The fraction of sp³-hybridized carbons (Fsp3) is 0.684. The van der Waals surface area contributed by atoms with Crippen molar-refractivity contribution in [3.63, 3.8) is 0 Å². The van der Waals surface area contributed by atoms with Crippen molar-refractivity contribution in [2.75, 3.05) is 0 Å². The third-order valence-electron chi connectivity index (χ3n) is 8.82. The van der Waals surface area contributed by atoms with Crippen molar-refractivity contribution in [1.29, 1.82) is 0 Å². The van der Waals surface area contributed by atoms with E-state index in [9.17, 15) is 5.11 Å². The lowest BCUT2D eigenvalue weighted by atomic mass is 9.59. The van der Waals surface area contributed by atoms with Gasteiger partial charge in [-0.3, -0.25) is 4.90 Å². The van der Waals surface area contributed by atoms with Gasteiger partial charge in [-0.2, -0.15) is 0 Å². The second kappa shape index (κ2) is 3.17. The van der Waals surface area contributed by atoms with Crippen molar-refractivity contribution in [2.45, 2.75) is 31.3 Å². The Morgan fingerprint density at radius 1 is 1.00 bits per heavy atom. The van der Waals surface area contributed by atoms with E-state index < -0.39 is 5.72 Å². The average molecular weight is 294 g/mol. The second-order valence-electron chi connectivity index (χ2n) is 8.85. The summed E-state index contributed by atoms with van der Waals surface area (Å²) in [5.41, 5.74) is 7.79. The SMILES string of the molecule is NCc1ccc(CN2C3C4C5CC6C7C5C3C7C2(O)C64)cc1. The third-order valence-corrected chi connectivity index (χ3v) is 8.82. The summed E-state index contributed by atoms with van der Waals surface area (Å²) in [5, 5.41) is 11.7. The summed E-state index contributed by atoms with van der Waals surface area (Å²) >= 11 is 0. The third kappa shape index (κ3) is 0.864. The van der Waals surface area contributed by atoms with Crippen LogP contribution < -0.4 is 5.73 Å². The van der Waals surface area contributed by atoms with E-state index in [4.69, 9.17) is 5.73 Å². The Labute approximate surface area is 130 Å². The molecule has 7 aliphatic rings. The topological polar surface area (TPSA) is 49.5 Å². The van der Waals surface area contributed by atoms with E-state index in [1.165, 1.54) is 17.5 Å². The van der Waals surface area contributed by atoms with E-state index in [-0.39, 0.29) is 0 Å². The molecule has 10 atom stereocenters. The van der Waals surface area contributed by atoms with Gasteiger partial charge in [0.05, 0.1) is 0 Å². The predicted molar refractivity (Wildman–Crippen MR) is 81.2 cm³/mol. The van der Waals surface area contributed by atoms with Gasteiger partial charge in [0.1, 0.15) is 5.72 Å². The summed E-state index contributed by atoms with van der Waals surface area (Å²) < 4.78 is 0. The van der Waals surface area contributed by atoms with Gasteiger partial charge in [-0.25, -0.2) is 0 Å². The highest BCUT2D eigenvalue weighted by atomic mass is 16.3. The van der Waals surface area contributed by atoms with E-state index in [1.807, 2.05) is 0 Å². The molecule has 2 saturated heterocycles. The van der Waals surface area contributed by atoms with Gasteiger partial charge in [-0.05, 0) is 53.1 Å². The molecule has 8 rings (SSSR count). The molecule has 0 amide bonds. The van der Waals surface area contributed by atoms with Crippen molar-refractivity contribution in [3.05, 3.63) is 35.4 Å². The van der Waals surface area contributed by atoms with Crippen LogP contribution in [0.3, 0.4) is 0 Å². The Kier molecular flexibility index (Phi) is 1.67. The first-order valence-corrected chi connectivity index (χ1v) is 9.02. The number of nitrogens with zero attached hydrogens (tertiary/aromatic N) is 1. The molecule has 1 aromatic carbocycles. The Morgan fingerprint density at radius 3 is 2.55 bits per heavy atom. The molecule has 3 nitrogen and oxygen atoms in total. The van der Waals surface area contributed by atoms with Gasteiger partial charge in [-0.1, -0.05) is 24.3 Å². The molecule has 3 N–H and O–H groups in total. The fourth-order valence-corrected chi connectivity index (χ4v) is 8.75. The smallest absolute Gasteiger partial charge is 0.125 e. The van der Waals surface area contributed by atoms with Crippen molar-refractivity contribution in [2.24, 2.45) is 53.1 Å². The monoisotopic (exact) mass is 294 g/mol. The molecule has 5 aliphatic carbocycles. The number of hydrogen-bond donors (Lipinski definition) is 2. The zero-order valence-corrected chi connectivity index (χ0v) is 12.6. The maximum Gasteiger partial charge on any atom is 0.125 e. The Morgan fingerprint density at radius 2 is 1.77 bits per heavy atom. The largest absolute Gasteiger partial charge is 0.375 e. The van der Waals surface area contributed by atoms with Crippen LogP contribution in [0.25, 0.3) is 0 Å². The first kappa shape index (κ1) is 11.6. The van der Waals surface area contributed by atoms with Gasteiger partial charge >= 0.3 is 0 Å². The van der Waals surface area contributed by atoms with E-state index in [0.29, 0.717) is 24.4 Å². The van der Waals surface area contributed by atoms with Crippen LogP contribution >= 0.6 is 0 Å². The number of hydrogen-bond acceptors (Lipinski definition) is 3. The lowest BCUT2D eigenvalue weighted by Crippen LogP contribution is -2.50. The van der Waals surface area contributed by atoms with Gasteiger partial charge in [0, 0.05) is 31.0 Å². The standard InChI is InChI=1S/C19H22N2O/c20-6-8-1-3-9(4-2-8)7-21-18-14-10-5-11-13-12(10)15(18)17(13)19(21,22)16(11)14/h1-4,10-18,22H,5-7,20H2. The Balaban J connectivity index is 1.30. The van der Waals surface area contributed by atoms with Crippen molar-refractivity contribution in [1.82, 2.24) is 4.90 Å². The highest BCUT2D eigenvalue weighted by Gasteiger charge is 2.93. The highest BCUT2D eigenvalue weighted by Crippen LogP contribution is 2.90. The van der Waals surface area contributed by atoms with Crippen LogP contribution in [0.1, 0.15) is 17.5 Å². The molecule has 10 unspecified atom stereocenters.